The van der Waals surface area contributed by atoms with Gasteiger partial charge in [0.05, 0.1) is 0 Å². The van der Waals surface area contributed by atoms with E-state index in [1.54, 1.807) is 0 Å². The predicted molar refractivity (Wildman–Crippen MR) is 22.6 cm³/mol. The Kier molecular flexibility index (Phi) is 15.6. The van der Waals surface area contributed by atoms with Crippen molar-refractivity contribution < 1.29 is 60.2 Å². The average Bonchev–Trinajstić information content (AvgIpc) is 0.722. The molecule has 46 valence electrons. The molecule has 0 amide bonds. The smallest absolute Gasteiger partial charge is 1.00 e. The van der Waals surface area contributed by atoms with Crippen LogP contribution >= 0.6 is 0 Å². The molecule has 7 heteroatoms. The molecule has 0 spiro atoms. The topological polar surface area (TPSA) is 80.9 Å². The Labute approximate surface area is 105 Å². The fourth-order valence-corrected chi connectivity index (χ4v) is 0. The fraction of sp³-hybridized carbons (Fsp3) is 0. The van der Waals surface area contributed by atoms with Gasteiger partial charge in [0.15, 0.2) is 0 Å². The van der Waals surface area contributed by atoms with Gasteiger partial charge in [-0.2, -0.15) is 0 Å². The Morgan fingerprint density at radius 2 is 1.00 bits per heavy atom. The van der Waals surface area contributed by atoms with Crippen LogP contribution in [0.25, 0.3) is 0 Å². The minimum Gasteiger partial charge on any atom is -1.00 e. The van der Waals surface area contributed by atoms with Gasteiger partial charge >= 0.3 is 46.8 Å². The summed E-state index contributed by atoms with van der Waals surface area (Å²) in [5, 5.41) is 0. The Bertz CT molecular complexity index is 34.0. The summed E-state index contributed by atoms with van der Waals surface area (Å²) >= 11 is 0. The maximum absolute atomic E-state index is 7.33. The summed E-state index contributed by atoms with van der Waals surface area (Å²) in [5.41, 5.74) is 0. The van der Waals surface area contributed by atoms with Gasteiger partial charge in [0, 0.05) is 38.2 Å². The maximum Gasteiger partial charge on any atom is 2.00 e. The molecule has 0 atom stereocenters. The molecule has 0 heterocycles. The third kappa shape index (κ3) is 55.6. The first-order chi connectivity index (χ1) is 2.00. The van der Waals surface area contributed by atoms with Gasteiger partial charge in [-0.15, -0.1) is 0 Å². The van der Waals surface area contributed by atoms with E-state index in [1.165, 1.54) is 0 Å². The van der Waals surface area contributed by atoms with Gasteiger partial charge in [0.25, 0.3) is 0 Å². The Balaban J connectivity index is -0.0000000133. The average molecular weight is 301 g/mol. The minimum atomic E-state index is -4.61. The second kappa shape index (κ2) is 6.71. The van der Waals surface area contributed by atoms with Crippen LogP contribution in [-0.4, -0.2) is 66.0 Å². The van der Waals surface area contributed by atoms with E-state index in [4.69, 9.17) is 19.2 Å². The maximum atomic E-state index is 7.33. The van der Waals surface area contributed by atoms with Gasteiger partial charge in [0.2, 0.25) is 0 Å². The molecule has 0 unspecified atom stereocenters. The normalized spacial score (nSPS) is 8.57. The number of hydrogen-bond acceptors (Lipinski definition) is 4. The molecular formula is H6CaDyO4Si. The predicted octanol–water partition coefficient (Wildman–Crippen LogP) is -2.76. The molecule has 0 radical (unpaired) electrons. The van der Waals surface area contributed by atoms with Crippen molar-refractivity contribution in [3.8, 4) is 0 Å². The van der Waals surface area contributed by atoms with E-state index in [9.17, 15) is 0 Å². The van der Waals surface area contributed by atoms with Crippen LogP contribution in [0.3, 0.4) is 0 Å². The van der Waals surface area contributed by atoms with Crippen molar-refractivity contribution in [2.24, 2.45) is 0 Å². The minimum absolute atomic E-state index is 0. The third-order valence-electron chi connectivity index (χ3n) is 0. The van der Waals surface area contributed by atoms with Crippen LogP contribution < -0.4 is 0 Å². The molecular weight excluding hydrogens is 295 g/mol. The molecule has 0 aliphatic rings. The molecule has 0 saturated carbocycles. The van der Waals surface area contributed by atoms with Crippen molar-refractivity contribution in [3.05, 3.63) is 0 Å². The first-order valence-corrected chi connectivity index (χ1v) is 2.68. The van der Waals surface area contributed by atoms with Crippen LogP contribution in [0.2, 0.25) is 0 Å². The summed E-state index contributed by atoms with van der Waals surface area (Å²) in [6.07, 6.45) is 0. The summed E-state index contributed by atoms with van der Waals surface area (Å²) in [5.74, 6) is 0. The molecule has 0 rings (SSSR count). The van der Waals surface area contributed by atoms with Crippen molar-refractivity contribution in [3.63, 3.8) is 0 Å². The Morgan fingerprint density at radius 3 is 1.00 bits per heavy atom. The van der Waals surface area contributed by atoms with Crippen LogP contribution in [0.4, 0.5) is 0 Å². The van der Waals surface area contributed by atoms with Crippen LogP contribution in [0.15, 0.2) is 0 Å². The standard InChI is InChI=1S/Ca.Dy.H4O4Si.2H/c;;1-5(2,3)4;;/h;;1-4H;;/q+2;;;2*-1. The van der Waals surface area contributed by atoms with E-state index in [0.29, 0.717) is 0 Å². The van der Waals surface area contributed by atoms with Crippen molar-refractivity contribution in [2.75, 3.05) is 0 Å². The van der Waals surface area contributed by atoms with Crippen LogP contribution in [0.5, 0.6) is 0 Å². The molecule has 0 aromatic carbocycles. The molecule has 0 fully saturated rings. The summed E-state index contributed by atoms with van der Waals surface area (Å²) in [4.78, 5) is 29.3. The van der Waals surface area contributed by atoms with Crippen LogP contribution in [-0.2, 0) is 0 Å². The molecule has 0 saturated heterocycles. The largest absolute Gasteiger partial charge is 2.00 e. The van der Waals surface area contributed by atoms with Gasteiger partial charge in [-0.3, -0.25) is 0 Å². The van der Waals surface area contributed by atoms with E-state index in [0.717, 1.165) is 0 Å². The zero-order valence-corrected chi connectivity index (χ0v) is 8.55. The molecule has 0 aromatic heterocycles. The molecule has 4 nitrogen and oxygen atoms in total. The third-order valence-corrected chi connectivity index (χ3v) is 0. The van der Waals surface area contributed by atoms with Crippen molar-refractivity contribution in [1.29, 1.82) is 0 Å². The summed E-state index contributed by atoms with van der Waals surface area (Å²) in [6.45, 7) is 0. The second-order valence-electron chi connectivity index (χ2n) is 0.600. The van der Waals surface area contributed by atoms with Gasteiger partial charge in [0.1, 0.15) is 0 Å². The van der Waals surface area contributed by atoms with Crippen molar-refractivity contribution in [2.45, 2.75) is 0 Å². The van der Waals surface area contributed by atoms with E-state index in [-0.39, 0.29) is 78.8 Å². The van der Waals surface area contributed by atoms with Crippen molar-refractivity contribution >= 4 is 46.8 Å². The molecule has 7 heavy (non-hydrogen) atoms. The summed E-state index contributed by atoms with van der Waals surface area (Å²) in [6, 6.07) is 0. The molecule has 0 aliphatic heterocycles. The molecule has 0 bridgehead atoms. The van der Waals surface area contributed by atoms with E-state index in [2.05, 4.69) is 0 Å². The quantitative estimate of drug-likeness (QED) is 0.365. The number of hydrogen-bond donors (Lipinski definition) is 4. The van der Waals surface area contributed by atoms with Crippen LogP contribution in [0, 0.1) is 38.2 Å². The van der Waals surface area contributed by atoms with Gasteiger partial charge in [-0.1, -0.05) is 0 Å². The first kappa shape index (κ1) is 16.3. The van der Waals surface area contributed by atoms with Gasteiger partial charge in [-0.25, -0.2) is 0 Å². The monoisotopic (exact) mass is 302 g/mol. The SMILES string of the molecule is O[Si](O)(O)O.[Ca+2].[Dy].[H-].[H-]. The second-order valence-corrected chi connectivity index (χ2v) is 1.80. The summed E-state index contributed by atoms with van der Waals surface area (Å²) < 4.78 is 0. The molecule has 4 N–H and O–H groups in total. The van der Waals surface area contributed by atoms with E-state index >= 15 is 0 Å². The van der Waals surface area contributed by atoms with Gasteiger partial charge < -0.3 is 22.0 Å². The first-order valence-electron chi connectivity index (χ1n) is 0.894. The number of rotatable bonds is 0. The summed E-state index contributed by atoms with van der Waals surface area (Å²) in [7, 11) is -4.61. The molecule has 0 aliphatic carbocycles. The zero-order chi connectivity index (χ0) is 4.50. The van der Waals surface area contributed by atoms with Crippen molar-refractivity contribution in [1.82, 2.24) is 0 Å². The molecule has 0 aromatic rings. The Hall–Kier alpha value is 2.59. The Morgan fingerprint density at radius 1 is 1.00 bits per heavy atom. The zero-order valence-electron chi connectivity index (χ0n) is 5.31. The van der Waals surface area contributed by atoms with Gasteiger partial charge in [-0.05, 0) is 0 Å². The van der Waals surface area contributed by atoms with Crippen LogP contribution in [0.1, 0.15) is 2.85 Å². The fourth-order valence-electron chi connectivity index (χ4n) is 0. The van der Waals surface area contributed by atoms with E-state index in [1.807, 2.05) is 0 Å². The van der Waals surface area contributed by atoms with E-state index < -0.39 is 9.05 Å².